The van der Waals surface area contributed by atoms with Gasteiger partial charge in [0.2, 0.25) is 11.8 Å². The Morgan fingerprint density at radius 2 is 2.21 bits per heavy atom. The quantitative estimate of drug-likeness (QED) is 0.790. The first-order valence-electron chi connectivity index (χ1n) is 10.3. The molecule has 3 rings (SSSR count). The summed E-state index contributed by atoms with van der Waals surface area (Å²) in [6.07, 6.45) is 7.05. The third kappa shape index (κ3) is 4.78. The number of rotatable bonds is 6. The number of likely N-dealkylation sites (N-methyl/N-ethyl adjacent to an activating group) is 1. The molecule has 1 N–H and O–H groups in total. The van der Waals surface area contributed by atoms with Crippen molar-refractivity contribution in [3.05, 3.63) is 29.5 Å². The lowest BCUT2D eigenvalue weighted by atomic mass is 9.99. The van der Waals surface area contributed by atoms with E-state index >= 15 is 0 Å². The number of aromatic nitrogens is 1. The summed E-state index contributed by atoms with van der Waals surface area (Å²) in [5, 5.41) is 9.69. The molecule has 0 bridgehead atoms. The molecule has 3 atom stereocenters. The van der Waals surface area contributed by atoms with Crippen molar-refractivity contribution in [1.29, 1.82) is 0 Å². The van der Waals surface area contributed by atoms with E-state index in [0.29, 0.717) is 18.7 Å². The van der Waals surface area contributed by atoms with Gasteiger partial charge in [0.15, 0.2) is 0 Å². The van der Waals surface area contributed by atoms with Gasteiger partial charge in [0, 0.05) is 31.6 Å². The number of fused-ring (bicyclic) bond motifs is 1. The number of carbonyl (C=O) groups excluding carboxylic acids is 2. The van der Waals surface area contributed by atoms with E-state index in [2.05, 4.69) is 4.98 Å². The van der Waals surface area contributed by atoms with Crippen LogP contribution >= 0.6 is 0 Å². The molecule has 0 radical (unpaired) electrons. The van der Waals surface area contributed by atoms with Gasteiger partial charge in [0.05, 0.1) is 19.2 Å². The van der Waals surface area contributed by atoms with Crippen molar-refractivity contribution in [1.82, 2.24) is 14.8 Å². The molecule has 158 valence electrons. The maximum Gasteiger partial charge on any atom is 0.259 e. The number of hydrogen-bond donors (Lipinski definition) is 1. The fourth-order valence-corrected chi connectivity index (χ4v) is 3.62. The maximum absolute atomic E-state index is 13.2. The summed E-state index contributed by atoms with van der Waals surface area (Å²) in [6.45, 7) is 6.48. The lowest BCUT2D eigenvalue weighted by molar-refractivity contribution is -0.132. The minimum atomic E-state index is -0.326. The van der Waals surface area contributed by atoms with Gasteiger partial charge in [-0.05, 0) is 38.3 Å². The Hall–Kier alpha value is -2.41. The first-order valence-corrected chi connectivity index (χ1v) is 10.3. The van der Waals surface area contributed by atoms with Crippen molar-refractivity contribution >= 4 is 17.9 Å². The topological polar surface area (TPSA) is 83.0 Å². The predicted octanol–water partition coefficient (Wildman–Crippen LogP) is 2.20. The molecule has 1 aliphatic heterocycles. The largest absolute Gasteiger partial charge is 0.472 e. The van der Waals surface area contributed by atoms with Crippen LogP contribution in [0.1, 0.15) is 49.5 Å². The van der Waals surface area contributed by atoms with E-state index in [1.807, 2.05) is 32.9 Å². The van der Waals surface area contributed by atoms with Crippen LogP contribution in [0.4, 0.5) is 0 Å². The molecule has 0 aromatic carbocycles. The minimum absolute atomic E-state index is 0.0347. The molecule has 2 heterocycles. The van der Waals surface area contributed by atoms with Gasteiger partial charge < -0.3 is 19.6 Å². The zero-order valence-corrected chi connectivity index (χ0v) is 17.7. The smallest absolute Gasteiger partial charge is 0.259 e. The molecular weight excluding hydrogens is 370 g/mol. The molecule has 7 heteroatoms. The molecule has 0 spiro atoms. The maximum atomic E-state index is 13.2. The van der Waals surface area contributed by atoms with E-state index in [0.717, 1.165) is 18.4 Å². The highest BCUT2D eigenvalue weighted by atomic mass is 16.5. The number of nitrogens with zero attached hydrogens (tertiary/aromatic N) is 3. The minimum Gasteiger partial charge on any atom is -0.472 e. The molecular formula is C22H31N3O4. The number of aliphatic hydroxyl groups is 1. The molecule has 1 saturated carbocycles. The first-order chi connectivity index (χ1) is 13.8. The van der Waals surface area contributed by atoms with Crippen molar-refractivity contribution in [2.24, 2.45) is 11.8 Å². The molecule has 2 amide bonds. The number of pyridine rings is 1. The highest BCUT2D eigenvalue weighted by Crippen LogP contribution is 2.32. The van der Waals surface area contributed by atoms with Crippen molar-refractivity contribution in [3.8, 4) is 5.88 Å². The fraction of sp³-hybridized carbons (Fsp3) is 0.591. The zero-order chi connectivity index (χ0) is 21.1. The number of aliphatic hydroxyl groups excluding tert-OH is 1. The molecule has 0 saturated heterocycles. The van der Waals surface area contributed by atoms with Gasteiger partial charge in [-0.1, -0.05) is 19.1 Å². The normalized spacial score (nSPS) is 23.2. The zero-order valence-electron chi connectivity index (χ0n) is 17.7. The van der Waals surface area contributed by atoms with Gasteiger partial charge in [0.25, 0.3) is 5.91 Å². The van der Waals surface area contributed by atoms with Gasteiger partial charge >= 0.3 is 0 Å². The number of ether oxygens (including phenoxy) is 1. The van der Waals surface area contributed by atoms with E-state index in [1.54, 1.807) is 29.1 Å². The summed E-state index contributed by atoms with van der Waals surface area (Å²) in [5.41, 5.74) is 1.19. The van der Waals surface area contributed by atoms with Crippen molar-refractivity contribution in [3.63, 3.8) is 0 Å². The second-order valence-corrected chi connectivity index (χ2v) is 8.24. The van der Waals surface area contributed by atoms with Crippen LogP contribution in [-0.2, 0) is 4.79 Å². The summed E-state index contributed by atoms with van der Waals surface area (Å²) < 4.78 is 6.20. The van der Waals surface area contributed by atoms with Gasteiger partial charge in [-0.3, -0.25) is 9.59 Å². The Labute approximate surface area is 172 Å². The van der Waals surface area contributed by atoms with Gasteiger partial charge in [-0.2, -0.15) is 0 Å². The number of allylic oxidation sites excluding steroid dienone is 1. The third-order valence-corrected chi connectivity index (χ3v) is 5.66. The highest BCUT2D eigenvalue weighted by molar-refractivity contribution is 5.97. The van der Waals surface area contributed by atoms with Crippen LogP contribution in [0.3, 0.4) is 0 Å². The standard InChI is InChI=1S/C22H31N3O4/c1-5-6-16-9-18-20(23-10-16)29-19(12-24(4)21(27)17-7-8-17)14(2)11-25(22(18)28)15(3)13-26/h5-6,9-10,14-15,17,19,26H,7-8,11-13H2,1-4H3/b6-5+/t14-,15+,19-/m0/s1. The summed E-state index contributed by atoms with van der Waals surface area (Å²) >= 11 is 0. The number of carbonyl (C=O) groups is 2. The van der Waals surface area contributed by atoms with E-state index < -0.39 is 0 Å². The molecule has 1 aliphatic carbocycles. The molecule has 1 aromatic rings. The summed E-state index contributed by atoms with van der Waals surface area (Å²) in [5.74, 6) is 0.337. The Morgan fingerprint density at radius 3 is 2.83 bits per heavy atom. The van der Waals surface area contributed by atoms with E-state index in [4.69, 9.17) is 4.74 Å². The SMILES string of the molecule is C/C=C/c1cnc2c(c1)C(=O)N([C@H](C)CO)C[C@H](C)[C@H](CN(C)C(=O)C1CC1)O2. The van der Waals surface area contributed by atoms with Gasteiger partial charge in [-0.15, -0.1) is 0 Å². The van der Waals surface area contributed by atoms with E-state index in [1.165, 1.54) is 0 Å². The molecule has 7 nitrogen and oxygen atoms in total. The van der Waals surface area contributed by atoms with Crippen LogP contribution in [-0.4, -0.2) is 70.6 Å². The fourth-order valence-electron chi connectivity index (χ4n) is 3.62. The van der Waals surface area contributed by atoms with E-state index in [-0.39, 0.29) is 48.3 Å². The average molecular weight is 402 g/mol. The Bertz CT molecular complexity index is 790. The lowest BCUT2D eigenvalue weighted by Gasteiger charge is -2.37. The molecule has 1 fully saturated rings. The lowest BCUT2D eigenvalue weighted by Crippen LogP contribution is -2.50. The van der Waals surface area contributed by atoms with Crippen molar-refractivity contribution in [2.45, 2.75) is 45.8 Å². The second-order valence-electron chi connectivity index (χ2n) is 8.24. The summed E-state index contributed by atoms with van der Waals surface area (Å²) in [6, 6.07) is 1.45. The van der Waals surface area contributed by atoms with Crippen LogP contribution < -0.4 is 4.74 Å². The second kappa shape index (κ2) is 8.95. The number of hydrogen-bond acceptors (Lipinski definition) is 5. The third-order valence-electron chi connectivity index (χ3n) is 5.66. The Kier molecular flexibility index (Phi) is 6.57. The van der Waals surface area contributed by atoms with Gasteiger partial charge in [-0.25, -0.2) is 4.98 Å². The molecule has 2 aliphatic rings. The number of amides is 2. The van der Waals surface area contributed by atoms with Crippen LogP contribution in [0.2, 0.25) is 0 Å². The van der Waals surface area contributed by atoms with Crippen LogP contribution in [0.15, 0.2) is 18.3 Å². The Morgan fingerprint density at radius 1 is 1.48 bits per heavy atom. The Balaban J connectivity index is 1.93. The molecule has 0 unspecified atom stereocenters. The van der Waals surface area contributed by atoms with Crippen molar-refractivity contribution in [2.75, 3.05) is 26.7 Å². The predicted molar refractivity (Wildman–Crippen MR) is 110 cm³/mol. The highest BCUT2D eigenvalue weighted by Gasteiger charge is 2.37. The summed E-state index contributed by atoms with van der Waals surface area (Å²) in [4.78, 5) is 33.5. The van der Waals surface area contributed by atoms with Crippen LogP contribution in [0, 0.1) is 11.8 Å². The average Bonchev–Trinajstić information content (AvgIpc) is 3.55. The van der Waals surface area contributed by atoms with Gasteiger partial charge in [0.1, 0.15) is 11.7 Å². The van der Waals surface area contributed by atoms with Crippen LogP contribution in [0.5, 0.6) is 5.88 Å². The van der Waals surface area contributed by atoms with Crippen molar-refractivity contribution < 1.29 is 19.4 Å². The molecule has 1 aromatic heterocycles. The van der Waals surface area contributed by atoms with E-state index in [9.17, 15) is 14.7 Å². The monoisotopic (exact) mass is 401 g/mol. The molecule has 29 heavy (non-hydrogen) atoms. The summed E-state index contributed by atoms with van der Waals surface area (Å²) in [7, 11) is 1.80. The van der Waals surface area contributed by atoms with Crippen LogP contribution in [0.25, 0.3) is 6.08 Å². The first kappa shape index (κ1) is 21.3.